The van der Waals surface area contributed by atoms with Crippen LogP contribution >= 0.6 is 0 Å². The highest BCUT2D eigenvalue weighted by atomic mass is 16.7. The van der Waals surface area contributed by atoms with Crippen LogP contribution in [0.3, 0.4) is 0 Å². The lowest BCUT2D eigenvalue weighted by molar-refractivity contribution is 0.0939. The van der Waals surface area contributed by atoms with Crippen molar-refractivity contribution in [3.05, 3.63) is 46.4 Å². The lowest BCUT2D eigenvalue weighted by Gasteiger charge is -2.09. The summed E-state index contributed by atoms with van der Waals surface area (Å²) in [7, 11) is 0. The van der Waals surface area contributed by atoms with Gasteiger partial charge in [0.2, 0.25) is 6.79 Å². The van der Waals surface area contributed by atoms with Gasteiger partial charge < -0.3 is 19.5 Å². The molecule has 0 saturated heterocycles. The fourth-order valence-corrected chi connectivity index (χ4v) is 2.33. The van der Waals surface area contributed by atoms with Gasteiger partial charge in [-0.05, 0) is 24.6 Å². The molecule has 1 N–H and O–H groups in total. The fourth-order valence-electron chi connectivity index (χ4n) is 2.33. The largest absolute Gasteiger partial charge is 0.492 e. The molecule has 8 nitrogen and oxygen atoms in total. The lowest BCUT2D eigenvalue weighted by atomic mass is 10.3. The predicted octanol–water partition coefficient (Wildman–Crippen LogP) is 1.19. The molecule has 1 aromatic carbocycles. The third-order valence-electron chi connectivity index (χ3n) is 3.54. The summed E-state index contributed by atoms with van der Waals surface area (Å²) in [4.78, 5) is 23.7. The number of hydrogen-bond acceptors (Lipinski definition) is 6. The van der Waals surface area contributed by atoms with Gasteiger partial charge in [-0.15, -0.1) is 0 Å². The number of amides is 1. The first kappa shape index (κ1) is 16.8. The van der Waals surface area contributed by atoms with Gasteiger partial charge in [0, 0.05) is 18.7 Å². The van der Waals surface area contributed by atoms with Crippen molar-refractivity contribution in [1.29, 1.82) is 0 Å². The third kappa shape index (κ3) is 4.09. The third-order valence-corrected chi connectivity index (χ3v) is 3.54. The van der Waals surface area contributed by atoms with Gasteiger partial charge in [-0.2, -0.15) is 5.10 Å². The number of benzene rings is 1. The number of aryl methyl sites for hydroxylation is 1. The van der Waals surface area contributed by atoms with Gasteiger partial charge in [-0.1, -0.05) is 6.92 Å². The van der Waals surface area contributed by atoms with E-state index in [1.807, 2.05) is 6.92 Å². The second-order valence-corrected chi connectivity index (χ2v) is 5.40. The Kier molecular flexibility index (Phi) is 5.17. The first-order valence-electron chi connectivity index (χ1n) is 8.06. The van der Waals surface area contributed by atoms with Gasteiger partial charge in [0.25, 0.3) is 11.5 Å². The molecule has 0 spiro atoms. The van der Waals surface area contributed by atoms with Crippen LogP contribution in [0.2, 0.25) is 0 Å². The normalized spacial score (nSPS) is 12.0. The number of carbonyl (C=O) groups is 1. The van der Waals surface area contributed by atoms with Crippen LogP contribution in [0.5, 0.6) is 17.2 Å². The summed E-state index contributed by atoms with van der Waals surface area (Å²) < 4.78 is 17.4. The van der Waals surface area contributed by atoms with Crippen LogP contribution in [0.15, 0.2) is 35.1 Å². The Morgan fingerprint density at radius 3 is 2.96 bits per heavy atom. The molecule has 0 unspecified atom stereocenters. The first-order valence-corrected chi connectivity index (χ1v) is 8.06. The molecule has 0 aliphatic carbocycles. The standard InChI is InChI=1S/C17H19N3O5/c1-2-8-20-16(21)6-4-13(19-20)17(22)18-7-9-23-12-3-5-14-15(10-12)25-11-24-14/h3-6,10H,2,7-9,11H2,1H3,(H,18,22). The van der Waals surface area contributed by atoms with Crippen LogP contribution in [-0.4, -0.2) is 35.6 Å². The number of fused-ring (bicyclic) bond motifs is 1. The monoisotopic (exact) mass is 345 g/mol. The first-order chi connectivity index (χ1) is 12.2. The van der Waals surface area contributed by atoms with E-state index in [4.69, 9.17) is 14.2 Å². The molecule has 1 aliphatic heterocycles. The Morgan fingerprint density at radius 2 is 2.12 bits per heavy atom. The molecule has 0 radical (unpaired) electrons. The number of rotatable bonds is 7. The van der Waals surface area contributed by atoms with Crippen molar-refractivity contribution >= 4 is 5.91 Å². The molecule has 0 saturated carbocycles. The number of nitrogens with one attached hydrogen (secondary N) is 1. The topological polar surface area (TPSA) is 91.7 Å². The van der Waals surface area contributed by atoms with Crippen LogP contribution in [0, 0.1) is 0 Å². The van der Waals surface area contributed by atoms with E-state index in [1.54, 1.807) is 18.2 Å². The molecule has 0 fully saturated rings. The molecule has 8 heteroatoms. The van der Waals surface area contributed by atoms with Gasteiger partial charge in [0.15, 0.2) is 11.5 Å². The molecule has 2 aromatic rings. The van der Waals surface area contributed by atoms with E-state index in [2.05, 4.69) is 10.4 Å². The second-order valence-electron chi connectivity index (χ2n) is 5.40. The molecule has 0 atom stereocenters. The van der Waals surface area contributed by atoms with Crippen LogP contribution in [0.25, 0.3) is 0 Å². The summed E-state index contributed by atoms with van der Waals surface area (Å²) in [5, 5.41) is 6.77. The summed E-state index contributed by atoms with van der Waals surface area (Å²) in [6.07, 6.45) is 0.765. The molecule has 3 rings (SSSR count). The molecule has 2 heterocycles. The van der Waals surface area contributed by atoms with E-state index in [9.17, 15) is 9.59 Å². The zero-order valence-corrected chi connectivity index (χ0v) is 13.9. The minimum Gasteiger partial charge on any atom is -0.492 e. The van der Waals surface area contributed by atoms with Crippen molar-refractivity contribution in [3.63, 3.8) is 0 Å². The number of ether oxygens (including phenoxy) is 3. The molecule has 132 valence electrons. The minimum absolute atomic E-state index is 0.205. The van der Waals surface area contributed by atoms with Gasteiger partial charge in [0.1, 0.15) is 18.1 Å². The van der Waals surface area contributed by atoms with E-state index >= 15 is 0 Å². The summed E-state index contributed by atoms with van der Waals surface area (Å²) in [6.45, 7) is 3.23. The Labute approximate surface area is 144 Å². The molecular weight excluding hydrogens is 326 g/mol. The maximum Gasteiger partial charge on any atom is 0.271 e. The van der Waals surface area contributed by atoms with Crippen molar-refractivity contribution in [3.8, 4) is 17.2 Å². The van der Waals surface area contributed by atoms with Crippen LogP contribution in [0.1, 0.15) is 23.8 Å². The van der Waals surface area contributed by atoms with Crippen LogP contribution < -0.4 is 25.1 Å². The Morgan fingerprint density at radius 1 is 1.28 bits per heavy atom. The lowest BCUT2D eigenvalue weighted by Crippen LogP contribution is -2.31. The van der Waals surface area contributed by atoms with E-state index in [1.165, 1.54) is 16.8 Å². The number of hydrogen-bond donors (Lipinski definition) is 1. The van der Waals surface area contributed by atoms with Crippen molar-refractivity contribution in [2.75, 3.05) is 19.9 Å². The van der Waals surface area contributed by atoms with Gasteiger partial charge in [-0.3, -0.25) is 9.59 Å². The second kappa shape index (κ2) is 7.69. The van der Waals surface area contributed by atoms with Gasteiger partial charge in [0.05, 0.1) is 6.54 Å². The maximum atomic E-state index is 12.1. The Balaban J connectivity index is 1.49. The molecule has 0 bridgehead atoms. The van der Waals surface area contributed by atoms with Crippen molar-refractivity contribution in [2.45, 2.75) is 19.9 Å². The summed E-state index contributed by atoms with van der Waals surface area (Å²) in [5.41, 5.74) is -0.0133. The maximum absolute atomic E-state index is 12.1. The quantitative estimate of drug-likeness (QED) is 0.758. The predicted molar refractivity (Wildman–Crippen MR) is 89.2 cm³/mol. The van der Waals surface area contributed by atoms with Crippen LogP contribution in [-0.2, 0) is 6.54 Å². The van der Waals surface area contributed by atoms with E-state index in [0.29, 0.717) is 36.9 Å². The van der Waals surface area contributed by atoms with E-state index in [-0.39, 0.29) is 24.0 Å². The highest BCUT2D eigenvalue weighted by Crippen LogP contribution is 2.34. The van der Waals surface area contributed by atoms with E-state index in [0.717, 1.165) is 6.42 Å². The number of carbonyl (C=O) groups excluding carboxylic acids is 1. The zero-order valence-electron chi connectivity index (χ0n) is 13.9. The SMILES string of the molecule is CCCn1nc(C(=O)NCCOc2ccc3c(c2)OCO3)ccc1=O. The summed E-state index contributed by atoms with van der Waals surface area (Å²) in [6, 6.07) is 8.06. The summed E-state index contributed by atoms with van der Waals surface area (Å²) in [5.74, 6) is 1.62. The number of nitrogens with zero attached hydrogens (tertiary/aromatic N) is 2. The molecule has 1 amide bonds. The van der Waals surface area contributed by atoms with Gasteiger partial charge in [-0.25, -0.2) is 4.68 Å². The highest BCUT2D eigenvalue weighted by molar-refractivity contribution is 5.91. The molecular formula is C17H19N3O5. The Bertz CT molecular complexity index is 818. The van der Waals surface area contributed by atoms with Gasteiger partial charge >= 0.3 is 0 Å². The highest BCUT2D eigenvalue weighted by Gasteiger charge is 2.14. The average Bonchev–Trinajstić information content (AvgIpc) is 3.08. The number of aromatic nitrogens is 2. The van der Waals surface area contributed by atoms with Crippen molar-refractivity contribution in [1.82, 2.24) is 15.1 Å². The molecule has 25 heavy (non-hydrogen) atoms. The average molecular weight is 345 g/mol. The fraction of sp³-hybridized carbons (Fsp3) is 0.353. The zero-order chi connectivity index (χ0) is 17.6. The molecule has 1 aromatic heterocycles. The van der Waals surface area contributed by atoms with Crippen molar-refractivity contribution in [2.24, 2.45) is 0 Å². The molecule has 1 aliphatic rings. The summed E-state index contributed by atoms with van der Waals surface area (Å²) >= 11 is 0. The smallest absolute Gasteiger partial charge is 0.271 e. The van der Waals surface area contributed by atoms with Crippen molar-refractivity contribution < 1.29 is 19.0 Å². The Hall–Kier alpha value is -3.03. The van der Waals surface area contributed by atoms with Crippen LogP contribution in [0.4, 0.5) is 0 Å². The minimum atomic E-state index is -0.348. The van der Waals surface area contributed by atoms with E-state index < -0.39 is 0 Å².